The number of nitrogens with zero attached hydrogens (tertiary/aromatic N) is 4. The molecule has 37 heavy (non-hydrogen) atoms. The van der Waals surface area contributed by atoms with Gasteiger partial charge in [0.2, 0.25) is 5.95 Å². The third-order valence-electron chi connectivity index (χ3n) is 6.23. The Labute approximate surface area is 206 Å². The van der Waals surface area contributed by atoms with Crippen LogP contribution in [0.2, 0.25) is 0 Å². The lowest BCUT2D eigenvalue weighted by atomic mass is 9.93. The molecule has 4 aromatic heterocycles. The third kappa shape index (κ3) is 5.63. The van der Waals surface area contributed by atoms with Crippen LogP contribution in [0.1, 0.15) is 36.0 Å². The maximum Gasteiger partial charge on any atom is 0.522 e. The average molecular weight is 523 g/mol. The number of nitrogens with one attached hydrogen (secondary N) is 3. The number of hydrogen-bond acceptors (Lipinski definition) is 6. The molecule has 1 saturated carbocycles. The number of fused-ring (bicyclic) bond motifs is 2. The second kappa shape index (κ2) is 9.92. The molecule has 4 aromatic rings. The molecule has 1 fully saturated rings. The van der Waals surface area contributed by atoms with Crippen LogP contribution < -0.4 is 10.6 Å². The van der Waals surface area contributed by atoms with E-state index in [-0.39, 0.29) is 24.4 Å². The highest BCUT2D eigenvalue weighted by Gasteiger charge is 2.35. The number of alkyl halides is 5. The number of H-pyrrole nitrogens is 1. The first-order valence-electron chi connectivity index (χ1n) is 11.6. The van der Waals surface area contributed by atoms with Gasteiger partial charge in [0.25, 0.3) is 12.3 Å². The van der Waals surface area contributed by atoms with Crippen LogP contribution in [-0.2, 0) is 4.74 Å². The number of hydrogen-bond donors (Lipinski definition) is 3. The number of ether oxygens (including phenoxy) is 1. The summed E-state index contributed by atoms with van der Waals surface area (Å²) < 4.78 is 67.8. The fourth-order valence-electron chi connectivity index (χ4n) is 4.50. The Morgan fingerprint density at radius 3 is 2.73 bits per heavy atom. The van der Waals surface area contributed by atoms with Crippen LogP contribution in [0.4, 0.5) is 27.9 Å². The Morgan fingerprint density at radius 2 is 2.00 bits per heavy atom. The van der Waals surface area contributed by atoms with Crippen molar-refractivity contribution in [2.45, 2.75) is 50.6 Å². The van der Waals surface area contributed by atoms with Crippen molar-refractivity contribution < 1.29 is 31.5 Å². The van der Waals surface area contributed by atoms with E-state index >= 15 is 0 Å². The van der Waals surface area contributed by atoms with Crippen LogP contribution >= 0.6 is 0 Å². The van der Waals surface area contributed by atoms with E-state index in [4.69, 9.17) is 0 Å². The molecule has 0 aliphatic heterocycles. The van der Waals surface area contributed by atoms with Gasteiger partial charge >= 0.3 is 6.36 Å². The van der Waals surface area contributed by atoms with Gasteiger partial charge in [-0.2, -0.15) is 10.1 Å². The first-order valence-corrected chi connectivity index (χ1v) is 11.6. The zero-order chi connectivity index (χ0) is 26.2. The predicted octanol–water partition coefficient (Wildman–Crippen LogP) is 4.53. The van der Waals surface area contributed by atoms with Crippen molar-refractivity contribution >= 4 is 28.4 Å². The molecular formula is C23H22F5N7O2. The molecule has 0 unspecified atom stereocenters. The molecule has 0 spiro atoms. The highest BCUT2D eigenvalue weighted by molar-refractivity contribution is 6.02. The molecule has 1 aliphatic rings. The third-order valence-corrected chi connectivity index (χ3v) is 6.23. The molecule has 14 heteroatoms. The zero-order valence-electron chi connectivity index (χ0n) is 19.2. The minimum absolute atomic E-state index is 0.0705. The molecular weight excluding hydrogens is 501 g/mol. The normalized spacial score (nSPS) is 18.5. The van der Waals surface area contributed by atoms with E-state index in [1.54, 1.807) is 30.7 Å². The Bertz CT molecular complexity index is 1410. The van der Waals surface area contributed by atoms with Crippen molar-refractivity contribution in [1.29, 1.82) is 0 Å². The van der Waals surface area contributed by atoms with Crippen LogP contribution in [0.3, 0.4) is 0 Å². The molecule has 0 atom stereocenters. The van der Waals surface area contributed by atoms with E-state index < -0.39 is 31.3 Å². The highest BCUT2D eigenvalue weighted by atomic mass is 19.4. The topological polar surface area (TPSA) is 109 Å². The molecule has 0 aromatic carbocycles. The summed E-state index contributed by atoms with van der Waals surface area (Å²) in [5.74, 6) is -0.297. The number of aromatic nitrogens is 5. The Morgan fingerprint density at radius 1 is 1.22 bits per heavy atom. The van der Waals surface area contributed by atoms with Crippen molar-refractivity contribution in [3.8, 4) is 11.1 Å². The van der Waals surface area contributed by atoms with Crippen LogP contribution in [0, 0.1) is 0 Å². The van der Waals surface area contributed by atoms with Crippen molar-refractivity contribution in [1.82, 2.24) is 29.9 Å². The summed E-state index contributed by atoms with van der Waals surface area (Å²) in [6.07, 6.45) is -0.226. The highest BCUT2D eigenvalue weighted by Crippen LogP contribution is 2.31. The van der Waals surface area contributed by atoms with Crippen LogP contribution in [-0.4, -0.2) is 62.0 Å². The summed E-state index contributed by atoms with van der Waals surface area (Å²) >= 11 is 0. The lowest BCUT2D eigenvalue weighted by Crippen LogP contribution is -2.33. The Kier molecular flexibility index (Phi) is 6.67. The van der Waals surface area contributed by atoms with Gasteiger partial charge < -0.3 is 15.6 Å². The minimum atomic E-state index is -4.63. The molecule has 4 heterocycles. The van der Waals surface area contributed by atoms with Gasteiger partial charge in [-0.25, -0.2) is 18.3 Å². The summed E-state index contributed by atoms with van der Waals surface area (Å²) in [6.45, 7) is -0.755. The van der Waals surface area contributed by atoms with Crippen molar-refractivity contribution in [2.24, 2.45) is 0 Å². The van der Waals surface area contributed by atoms with Gasteiger partial charge in [0.1, 0.15) is 5.65 Å². The molecule has 0 saturated heterocycles. The van der Waals surface area contributed by atoms with Gasteiger partial charge in [0.05, 0.1) is 29.9 Å². The second-order valence-corrected chi connectivity index (χ2v) is 8.74. The molecule has 1 aliphatic carbocycles. The molecule has 3 N–H and O–H groups in total. The molecule has 0 bridgehead atoms. The monoisotopic (exact) mass is 523 g/mol. The number of carbonyl (C=O) groups is 1. The van der Waals surface area contributed by atoms with Gasteiger partial charge in [-0.3, -0.25) is 9.53 Å². The largest absolute Gasteiger partial charge is 0.522 e. The SMILES string of the molecule is O=C(NCC(F)F)c1cnn2ccc(-c3c[nH]c4nc(N[C@H]5CC[C@@H](OC(F)(F)F)CC5)ncc34)cc12. The number of amides is 1. The number of aromatic amines is 1. The summed E-state index contributed by atoms with van der Waals surface area (Å²) in [5.41, 5.74) is 2.65. The summed E-state index contributed by atoms with van der Waals surface area (Å²) in [7, 11) is 0. The van der Waals surface area contributed by atoms with Gasteiger partial charge in [0.15, 0.2) is 0 Å². The number of rotatable bonds is 7. The number of carbonyl (C=O) groups excluding carboxylic acids is 1. The van der Waals surface area contributed by atoms with Crippen molar-refractivity contribution in [3.05, 3.63) is 42.5 Å². The van der Waals surface area contributed by atoms with Gasteiger partial charge in [-0.1, -0.05) is 0 Å². The van der Waals surface area contributed by atoms with E-state index in [1.807, 2.05) is 0 Å². The average Bonchev–Trinajstić information content (AvgIpc) is 3.46. The van der Waals surface area contributed by atoms with Gasteiger partial charge in [-0.05, 0) is 43.4 Å². The van der Waals surface area contributed by atoms with E-state index in [2.05, 4.69) is 35.4 Å². The molecule has 0 radical (unpaired) electrons. The van der Waals surface area contributed by atoms with Gasteiger partial charge in [0, 0.05) is 35.6 Å². The number of pyridine rings is 1. The number of anilines is 1. The first-order chi connectivity index (χ1) is 17.7. The van der Waals surface area contributed by atoms with E-state index in [0.717, 1.165) is 11.1 Å². The van der Waals surface area contributed by atoms with E-state index in [9.17, 15) is 26.7 Å². The molecule has 9 nitrogen and oxygen atoms in total. The maximum absolute atomic E-state index is 12.5. The summed E-state index contributed by atoms with van der Waals surface area (Å²) in [6, 6.07) is 3.44. The molecule has 5 rings (SSSR count). The molecule has 196 valence electrons. The van der Waals surface area contributed by atoms with E-state index in [1.165, 1.54) is 10.7 Å². The first kappa shape index (κ1) is 24.9. The quantitative estimate of drug-likeness (QED) is 0.307. The lowest BCUT2D eigenvalue weighted by molar-refractivity contribution is -0.345. The fraction of sp³-hybridized carbons (Fsp3) is 0.391. The molecule has 1 amide bonds. The second-order valence-electron chi connectivity index (χ2n) is 8.74. The van der Waals surface area contributed by atoms with Crippen molar-refractivity contribution in [2.75, 3.05) is 11.9 Å². The Hall–Kier alpha value is -3.81. The van der Waals surface area contributed by atoms with Crippen molar-refractivity contribution in [3.63, 3.8) is 0 Å². The van der Waals surface area contributed by atoms with E-state index in [0.29, 0.717) is 35.3 Å². The minimum Gasteiger partial charge on any atom is -0.351 e. The Balaban J connectivity index is 1.31. The smallest absolute Gasteiger partial charge is 0.351 e. The summed E-state index contributed by atoms with van der Waals surface area (Å²) in [4.78, 5) is 24.3. The fourth-order valence-corrected chi connectivity index (χ4v) is 4.50. The summed E-state index contributed by atoms with van der Waals surface area (Å²) in [5, 5.41) is 10.2. The van der Waals surface area contributed by atoms with Crippen LogP contribution in [0.25, 0.3) is 27.7 Å². The van der Waals surface area contributed by atoms with Gasteiger partial charge in [-0.15, -0.1) is 13.2 Å². The van der Waals surface area contributed by atoms with Crippen LogP contribution in [0.15, 0.2) is 36.9 Å². The van der Waals surface area contributed by atoms with Crippen LogP contribution in [0.5, 0.6) is 0 Å². The predicted molar refractivity (Wildman–Crippen MR) is 123 cm³/mol. The number of halogens is 5. The maximum atomic E-state index is 12.5. The lowest BCUT2D eigenvalue weighted by Gasteiger charge is -2.29. The zero-order valence-corrected chi connectivity index (χ0v) is 19.2. The standard InChI is InChI=1S/C23H22F5N7O2/c24-19(25)11-30-21(36)17-10-32-35-6-5-12(7-18(17)35)15-8-29-20-16(15)9-31-22(34-20)33-13-1-3-14(4-2-13)37-23(26,27)28/h5-10,13-14,19H,1-4,11H2,(H,30,36)(H2,29,31,33,34)/t13-,14+.